The van der Waals surface area contributed by atoms with Crippen molar-refractivity contribution in [1.29, 1.82) is 0 Å². The SMILES string of the molecule is COc1cc2c(cc1OCCCCCOc1cc3c(cc1OC)C(=O)N1CCC[C@H]1C(O)N3C(=O)OCc1ccc(NC(=O)[C@H](C)NC(=O)[C@@H](N)C(C)C)cc1)N(C(=O)OCc1ccc(NC(=O)[C@H](C)NC(=O)[C@@H](N)C(C)C)cc1)C(O)[C@@H]1CCCN1C2=O. The average molecular weight is 1240 g/mol. The zero-order chi connectivity index (χ0) is 64.4. The highest BCUT2D eigenvalue weighted by atomic mass is 16.6. The molecule has 0 bridgehead atoms. The Bertz CT molecular complexity index is 3030. The summed E-state index contributed by atoms with van der Waals surface area (Å²) in [5, 5.41) is 34.4. The van der Waals surface area contributed by atoms with Gasteiger partial charge in [-0.15, -0.1) is 0 Å². The summed E-state index contributed by atoms with van der Waals surface area (Å²) in [4.78, 5) is 112. The van der Waals surface area contributed by atoms with Crippen LogP contribution in [0.2, 0.25) is 0 Å². The second kappa shape index (κ2) is 29.5. The molecule has 480 valence electrons. The Morgan fingerprint density at radius 1 is 0.539 bits per heavy atom. The van der Waals surface area contributed by atoms with Crippen molar-refractivity contribution in [1.82, 2.24) is 20.4 Å². The fraction of sp³-hybridized carbons (Fsp3) is 0.492. The summed E-state index contributed by atoms with van der Waals surface area (Å²) in [6, 6.07) is 14.3. The second-order valence-corrected chi connectivity index (χ2v) is 23.3. The van der Waals surface area contributed by atoms with Gasteiger partial charge in [0.25, 0.3) is 11.8 Å². The fourth-order valence-corrected chi connectivity index (χ4v) is 10.8. The van der Waals surface area contributed by atoms with Crippen molar-refractivity contribution >= 4 is 70.4 Å². The topological polar surface area (TPSA) is 346 Å². The Balaban J connectivity index is 0.883. The van der Waals surface area contributed by atoms with Crippen molar-refractivity contribution in [2.24, 2.45) is 23.3 Å². The average Bonchev–Trinajstić information content (AvgIpc) is 1.67. The molecule has 4 aliphatic heterocycles. The molecule has 4 aromatic rings. The van der Waals surface area contributed by atoms with Crippen LogP contribution in [0.1, 0.15) is 118 Å². The summed E-state index contributed by atoms with van der Waals surface area (Å²) in [6.45, 7) is 10.9. The van der Waals surface area contributed by atoms with Gasteiger partial charge in [-0.25, -0.2) is 19.4 Å². The first-order chi connectivity index (χ1) is 42.5. The minimum absolute atomic E-state index is 0.0635. The molecule has 0 spiro atoms. The van der Waals surface area contributed by atoms with Crippen LogP contribution in [-0.2, 0) is 41.9 Å². The van der Waals surface area contributed by atoms with E-state index in [0.717, 1.165) is 9.80 Å². The van der Waals surface area contributed by atoms with Crippen LogP contribution in [0.15, 0.2) is 72.8 Å². The maximum atomic E-state index is 14.1. The van der Waals surface area contributed by atoms with E-state index in [1.807, 2.05) is 0 Å². The summed E-state index contributed by atoms with van der Waals surface area (Å²) >= 11 is 0. The molecule has 2 fully saturated rings. The molecule has 4 aromatic carbocycles. The normalized spacial score (nSPS) is 19.1. The van der Waals surface area contributed by atoms with Crippen LogP contribution in [0.3, 0.4) is 0 Å². The van der Waals surface area contributed by atoms with Gasteiger partial charge in [-0.3, -0.25) is 28.8 Å². The molecule has 4 heterocycles. The lowest BCUT2D eigenvalue weighted by Gasteiger charge is -2.31. The third-order valence-electron chi connectivity index (χ3n) is 16.3. The van der Waals surface area contributed by atoms with E-state index in [9.17, 15) is 48.6 Å². The van der Waals surface area contributed by atoms with E-state index in [-0.39, 0.29) is 83.8 Å². The molecule has 89 heavy (non-hydrogen) atoms. The van der Waals surface area contributed by atoms with Crippen LogP contribution >= 0.6 is 0 Å². The Labute approximate surface area is 516 Å². The van der Waals surface area contributed by atoms with Crippen LogP contribution in [0, 0.1) is 11.8 Å². The molecule has 0 saturated carbocycles. The number of aliphatic hydroxyl groups excluding tert-OH is 2. The van der Waals surface area contributed by atoms with Crippen molar-refractivity contribution in [2.45, 2.75) is 148 Å². The first-order valence-electron chi connectivity index (χ1n) is 30.0. The van der Waals surface area contributed by atoms with Gasteiger partial charge >= 0.3 is 12.2 Å². The minimum Gasteiger partial charge on any atom is -0.493 e. The van der Waals surface area contributed by atoms with Crippen LogP contribution in [-0.4, -0.2) is 157 Å². The van der Waals surface area contributed by atoms with E-state index < -0.39 is 96.3 Å². The van der Waals surface area contributed by atoms with Gasteiger partial charge < -0.3 is 81.2 Å². The van der Waals surface area contributed by atoms with E-state index >= 15 is 0 Å². The molecular weight excluding hydrogens is 1150 g/mol. The third kappa shape index (κ3) is 15.4. The number of carbonyl (C=O) groups excluding carboxylic acids is 8. The summed E-state index contributed by atoms with van der Waals surface area (Å²) in [7, 11) is 2.85. The monoisotopic (exact) mass is 1230 g/mol. The molecule has 8 rings (SSSR count). The molecule has 10 N–H and O–H groups in total. The second-order valence-electron chi connectivity index (χ2n) is 23.3. The minimum atomic E-state index is -1.47. The van der Waals surface area contributed by atoms with E-state index in [1.54, 1.807) is 99.9 Å². The molecule has 0 aromatic heterocycles. The highest BCUT2D eigenvalue weighted by molar-refractivity contribution is 6.07. The molecule has 26 heteroatoms. The number of fused-ring (bicyclic) bond motifs is 4. The zero-order valence-corrected chi connectivity index (χ0v) is 51.4. The number of hydrogen-bond donors (Lipinski definition) is 8. The van der Waals surface area contributed by atoms with Gasteiger partial charge in [0.2, 0.25) is 23.6 Å². The van der Waals surface area contributed by atoms with Crippen LogP contribution in [0.5, 0.6) is 23.0 Å². The number of methoxy groups -OCH3 is 2. The first kappa shape index (κ1) is 66.2. The van der Waals surface area contributed by atoms with Crippen molar-refractivity contribution in [3.05, 3.63) is 95.1 Å². The number of nitrogens with one attached hydrogen (secondary N) is 4. The summed E-state index contributed by atoms with van der Waals surface area (Å²) < 4.78 is 35.4. The largest absolute Gasteiger partial charge is 0.493 e. The molecule has 2 unspecified atom stereocenters. The smallest absolute Gasteiger partial charge is 0.416 e. The number of rotatable bonds is 24. The quantitative estimate of drug-likeness (QED) is 0.0410. The number of unbranched alkanes of at least 4 members (excludes halogenated alkanes) is 2. The number of benzene rings is 4. The molecule has 8 atom stereocenters. The first-order valence-corrected chi connectivity index (χ1v) is 30.0. The van der Waals surface area contributed by atoms with Gasteiger partial charge in [0, 0.05) is 36.6 Å². The molecular formula is C63H82N10O16. The molecule has 0 radical (unpaired) electrons. The standard InChI is InChI=1S/C63H82N10O16/c1-34(2)52(64)56(76)66-36(5)54(74)68-40-20-16-38(17-21-40)32-88-62(82)72-46-30-50(48(84-7)28-42(46)58(78)70-24-12-14-44(70)60(72)80)86-26-10-9-11-27-87-51-31-47-43(29-49(51)85-8)59(79)71-25-13-15-45(71)61(81)73(47)63(83)89-33-39-18-22-41(23-19-39)69-55(75)37(6)67-57(77)53(65)35(3)4/h16-23,28-31,34-37,44-45,52-53,60-61,80-81H,9-15,24-27,32-33,64-65H2,1-8H3,(H,66,76)(H,67,77)(H,68,74)(H,69,75)/t36-,37-,44-,45-,52-,53-,60?,61?/m0/s1. The van der Waals surface area contributed by atoms with Gasteiger partial charge in [0.05, 0.1) is 74.1 Å². The van der Waals surface area contributed by atoms with Gasteiger partial charge in [0.1, 0.15) is 25.3 Å². The predicted octanol–water partition coefficient (Wildman–Crippen LogP) is 5.34. The number of carbonyl (C=O) groups is 8. The number of ether oxygens (including phenoxy) is 6. The van der Waals surface area contributed by atoms with Crippen LogP contribution in [0.4, 0.5) is 32.3 Å². The van der Waals surface area contributed by atoms with Crippen LogP contribution in [0.25, 0.3) is 0 Å². The maximum Gasteiger partial charge on any atom is 0.416 e. The van der Waals surface area contributed by atoms with Crippen LogP contribution < -0.4 is 61.5 Å². The molecule has 2 saturated heterocycles. The van der Waals surface area contributed by atoms with Crippen molar-refractivity contribution in [2.75, 3.05) is 61.0 Å². The number of nitrogens with two attached hydrogens (primary N) is 2. The van der Waals surface area contributed by atoms with Crippen molar-refractivity contribution in [3.63, 3.8) is 0 Å². The van der Waals surface area contributed by atoms with Gasteiger partial charge in [-0.05, 0) is 118 Å². The van der Waals surface area contributed by atoms with E-state index in [2.05, 4.69) is 21.3 Å². The van der Waals surface area contributed by atoms with Gasteiger partial charge in [0.15, 0.2) is 35.5 Å². The van der Waals surface area contributed by atoms with E-state index in [0.29, 0.717) is 80.5 Å². The summed E-state index contributed by atoms with van der Waals surface area (Å²) in [6.07, 6.45) is -1.11. The number of anilines is 4. The molecule has 4 aliphatic rings. The summed E-state index contributed by atoms with van der Waals surface area (Å²) in [5.74, 6) is -1.98. The number of nitrogens with zero attached hydrogens (tertiary/aromatic N) is 4. The number of hydrogen-bond acceptors (Lipinski definition) is 18. The Morgan fingerprint density at radius 2 is 0.910 bits per heavy atom. The predicted molar refractivity (Wildman–Crippen MR) is 327 cm³/mol. The number of amides is 8. The Kier molecular flexibility index (Phi) is 22.0. The van der Waals surface area contributed by atoms with E-state index in [4.69, 9.17) is 39.9 Å². The van der Waals surface area contributed by atoms with Crippen molar-refractivity contribution in [3.8, 4) is 23.0 Å². The molecule has 8 amide bonds. The molecule has 0 aliphatic carbocycles. The fourth-order valence-electron chi connectivity index (χ4n) is 10.8. The number of aliphatic hydroxyl groups is 2. The maximum absolute atomic E-state index is 14.1. The Hall–Kier alpha value is -8.72. The lowest BCUT2D eigenvalue weighted by atomic mass is 10.0. The highest BCUT2D eigenvalue weighted by Gasteiger charge is 2.47. The third-order valence-corrected chi connectivity index (χ3v) is 16.3. The zero-order valence-electron chi connectivity index (χ0n) is 51.4. The summed E-state index contributed by atoms with van der Waals surface area (Å²) in [5.41, 5.74) is 14.1. The lowest BCUT2D eigenvalue weighted by molar-refractivity contribution is -0.127. The van der Waals surface area contributed by atoms with Crippen molar-refractivity contribution < 1.29 is 77.0 Å². The van der Waals surface area contributed by atoms with Gasteiger partial charge in [-0.1, -0.05) is 52.0 Å². The Morgan fingerprint density at radius 3 is 1.26 bits per heavy atom. The van der Waals surface area contributed by atoms with E-state index in [1.165, 1.54) is 38.5 Å². The lowest BCUT2D eigenvalue weighted by Crippen LogP contribution is -2.50. The highest BCUT2D eigenvalue weighted by Crippen LogP contribution is 2.43. The van der Waals surface area contributed by atoms with Gasteiger partial charge in [-0.2, -0.15) is 0 Å². The molecule has 26 nitrogen and oxygen atoms in total.